The normalized spacial score (nSPS) is 18.2. The maximum absolute atomic E-state index is 12.1. The molecule has 1 aliphatic heterocycles. The molecule has 0 unspecified atom stereocenters. The second-order valence-corrected chi connectivity index (χ2v) is 10.5. The van der Waals surface area contributed by atoms with Crippen LogP contribution >= 0.6 is 0 Å². The monoisotopic (exact) mass is 454 g/mol. The van der Waals surface area contributed by atoms with Gasteiger partial charge in [-0.15, -0.1) is 0 Å². The third kappa shape index (κ3) is 4.52. The van der Waals surface area contributed by atoms with Crippen molar-refractivity contribution in [2.75, 3.05) is 37.8 Å². The first kappa shape index (κ1) is 21.0. The van der Waals surface area contributed by atoms with Gasteiger partial charge in [-0.2, -0.15) is 9.40 Å². The summed E-state index contributed by atoms with van der Waals surface area (Å²) in [7, 11) is -3.12. The van der Waals surface area contributed by atoms with Crippen LogP contribution in [0.3, 0.4) is 0 Å². The Labute approximate surface area is 187 Å². The minimum Gasteiger partial charge on any atom is -0.309 e. The van der Waals surface area contributed by atoms with Crippen molar-refractivity contribution in [2.45, 2.75) is 19.4 Å². The summed E-state index contributed by atoms with van der Waals surface area (Å²) in [5.41, 5.74) is 3.82. The number of sulfonamides is 1. The van der Waals surface area contributed by atoms with Crippen molar-refractivity contribution in [3.05, 3.63) is 48.4 Å². The molecule has 0 atom stereocenters. The molecule has 4 heterocycles. The number of amides is 1. The van der Waals surface area contributed by atoms with Gasteiger partial charge in [0.05, 0.1) is 17.5 Å². The van der Waals surface area contributed by atoms with Gasteiger partial charge in [-0.25, -0.2) is 12.9 Å². The highest BCUT2D eigenvalue weighted by Crippen LogP contribution is 2.31. The molecule has 1 N–H and O–H groups in total. The van der Waals surface area contributed by atoms with Gasteiger partial charge in [0.15, 0.2) is 5.82 Å². The highest BCUT2D eigenvalue weighted by Gasteiger charge is 2.30. The van der Waals surface area contributed by atoms with Crippen molar-refractivity contribution in [3.63, 3.8) is 0 Å². The van der Waals surface area contributed by atoms with Crippen LogP contribution in [0.1, 0.15) is 18.5 Å². The molecule has 1 amide bonds. The number of anilines is 1. The highest BCUT2D eigenvalue weighted by molar-refractivity contribution is 7.88. The Balaban J connectivity index is 1.28. The van der Waals surface area contributed by atoms with Crippen LogP contribution in [-0.2, 0) is 21.4 Å². The molecule has 168 valence electrons. The first-order valence-electron chi connectivity index (χ1n) is 10.8. The summed E-state index contributed by atoms with van der Waals surface area (Å²) >= 11 is 0. The Kier molecular flexibility index (Phi) is 5.44. The summed E-state index contributed by atoms with van der Waals surface area (Å²) in [4.78, 5) is 18.9. The third-order valence-electron chi connectivity index (χ3n) is 6.02. The van der Waals surface area contributed by atoms with Gasteiger partial charge in [-0.1, -0.05) is 12.1 Å². The number of fused-ring (bicyclic) bond motifs is 1. The molecule has 10 heteroatoms. The van der Waals surface area contributed by atoms with Crippen molar-refractivity contribution < 1.29 is 13.2 Å². The van der Waals surface area contributed by atoms with Crippen LogP contribution < -0.4 is 5.32 Å². The lowest BCUT2D eigenvalue weighted by Crippen LogP contribution is -2.47. The lowest BCUT2D eigenvalue weighted by molar-refractivity contribution is -0.117. The number of carbonyl (C=O) groups excluding carboxylic acids is 1. The van der Waals surface area contributed by atoms with E-state index in [1.165, 1.54) is 10.6 Å². The molecule has 1 saturated heterocycles. The molecule has 0 aromatic carbocycles. The maximum atomic E-state index is 12.1. The van der Waals surface area contributed by atoms with Crippen LogP contribution in [0.4, 0.5) is 5.82 Å². The zero-order valence-electron chi connectivity index (χ0n) is 17.9. The van der Waals surface area contributed by atoms with E-state index >= 15 is 0 Å². The van der Waals surface area contributed by atoms with Gasteiger partial charge in [0.25, 0.3) is 0 Å². The molecule has 2 aliphatic rings. The molecule has 2 fully saturated rings. The van der Waals surface area contributed by atoms with Crippen molar-refractivity contribution in [2.24, 2.45) is 5.92 Å². The van der Waals surface area contributed by atoms with Crippen molar-refractivity contribution >= 4 is 27.3 Å². The maximum Gasteiger partial charge on any atom is 0.228 e. The number of pyridine rings is 2. The van der Waals surface area contributed by atoms with E-state index in [0.29, 0.717) is 38.5 Å². The fraction of sp³-hybridized carbons (Fsp3) is 0.409. The van der Waals surface area contributed by atoms with E-state index in [0.717, 1.165) is 35.2 Å². The van der Waals surface area contributed by atoms with E-state index < -0.39 is 10.0 Å². The highest BCUT2D eigenvalue weighted by atomic mass is 32.2. The minimum atomic E-state index is -3.12. The van der Waals surface area contributed by atoms with Gasteiger partial charge >= 0.3 is 0 Å². The predicted molar refractivity (Wildman–Crippen MR) is 121 cm³/mol. The van der Waals surface area contributed by atoms with Gasteiger partial charge in [-0.05, 0) is 25.0 Å². The zero-order valence-corrected chi connectivity index (χ0v) is 18.8. The Hall–Kier alpha value is -2.82. The summed E-state index contributed by atoms with van der Waals surface area (Å²) in [5, 5.41) is 7.38. The fourth-order valence-electron chi connectivity index (χ4n) is 4.02. The van der Waals surface area contributed by atoms with Crippen LogP contribution in [-0.4, -0.2) is 70.6 Å². The van der Waals surface area contributed by atoms with Crippen LogP contribution in [0.2, 0.25) is 0 Å². The quantitative estimate of drug-likeness (QED) is 0.610. The molecule has 0 bridgehead atoms. The molecule has 0 spiro atoms. The molecule has 1 aliphatic carbocycles. The lowest BCUT2D eigenvalue weighted by atomic mass is 10.1. The topological polar surface area (TPSA) is 99.9 Å². The molecular formula is C22H26N6O3S. The summed E-state index contributed by atoms with van der Waals surface area (Å²) in [6, 6.07) is 9.89. The number of hydrogen-bond donors (Lipinski definition) is 1. The summed E-state index contributed by atoms with van der Waals surface area (Å²) in [6.07, 6.45) is 6.89. The average molecular weight is 455 g/mol. The molecule has 3 aromatic rings. The van der Waals surface area contributed by atoms with E-state index in [4.69, 9.17) is 0 Å². The fourth-order valence-corrected chi connectivity index (χ4v) is 4.85. The van der Waals surface area contributed by atoms with Gasteiger partial charge in [0.2, 0.25) is 15.9 Å². The second kappa shape index (κ2) is 8.27. The molecule has 0 radical (unpaired) electrons. The van der Waals surface area contributed by atoms with E-state index in [9.17, 15) is 13.2 Å². The van der Waals surface area contributed by atoms with Crippen LogP contribution in [0, 0.1) is 5.92 Å². The largest absolute Gasteiger partial charge is 0.309 e. The number of aromatic nitrogens is 3. The first-order valence-corrected chi connectivity index (χ1v) is 12.6. The SMILES string of the molecule is CS(=O)(=O)N1CCN(Cc2ccc(-c3cccn4nc(NC(=O)C5CC5)cc34)cn2)CC1. The van der Waals surface area contributed by atoms with Crippen LogP contribution in [0.25, 0.3) is 16.6 Å². The first-order chi connectivity index (χ1) is 15.4. The van der Waals surface area contributed by atoms with E-state index in [1.54, 1.807) is 4.52 Å². The third-order valence-corrected chi connectivity index (χ3v) is 7.33. The van der Waals surface area contributed by atoms with Gasteiger partial charge in [0.1, 0.15) is 0 Å². The molecule has 1 saturated carbocycles. The standard InChI is InChI=1S/C22H26N6O3S/c1-32(30,31)27-11-9-26(10-12-27)15-18-7-6-17(14-23-18)19-3-2-8-28-20(19)13-21(25-28)24-22(29)16-4-5-16/h2-3,6-8,13-14,16H,4-5,9-12,15H2,1H3,(H,24,25,29). The number of piperazine rings is 1. The molecule has 5 rings (SSSR count). The Morgan fingerprint density at radius 3 is 2.59 bits per heavy atom. The van der Waals surface area contributed by atoms with Gasteiger partial charge in [0, 0.05) is 68.2 Å². The van der Waals surface area contributed by atoms with Crippen molar-refractivity contribution in [1.82, 2.24) is 23.8 Å². The Bertz CT molecular complexity index is 1240. The van der Waals surface area contributed by atoms with Crippen molar-refractivity contribution in [1.29, 1.82) is 0 Å². The number of carbonyl (C=O) groups is 1. The molecular weight excluding hydrogens is 428 g/mol. The summed E-state index contributed by atoms with van der Waals surface area (Å²) in [6.45, 7) is 3.10. The van der Waals surface area contributed by atoms with E-state index in [2.05, 4.69) is 20.3 Å². The molecule has 3 aromatic heterocycles. The number of nitrogens with one attached hydrogen (secondary N) is 1. The Morgan fingerprint density at radius 2 is 1.94 bits per heavy atom. The Morgan fingerprint density at radius 1 is 1.16 bits per heavy atom. The van der Waals surface area contributed by atoms with Crippen molar-refractivity contribution in [3.8, 4) is 11.1 Å². The molecule has 32 heavy (non-hydrogen) atoms. The predicted octanol–water partition coefficient (Wildman–Crippen LogP) is 1.82. The summed E-state index contributed by atoms with van der Waals surface area (Å²) < 4.78 is 26.6. The number of hydrogen-bond acceptors (Lipinski definition) is 6. The van der Waals surface area contributed by atoms with Crippen LogP contribution in [0.15, 0.2) is 42.7 Å². The average Bonchev–Trinajstić information content (AvgIpc) is 3.54. The second-order valence-electron chi connectivity index (χ2n) is 8.52. The van der Waals surface area contributed by atoms with E-state index in [-0.39, 0.29) is 11.8 Å². The number of nitrogens with zero attached hydrogens (tertiary/aromatic N) is 5. The smallest absolute Gasteiger partial charge is 0.228 e. The van der Waals surface area contributed by atoms with Gasteiger partial charge < -0.3 is 5.32 Å². The summed E-state index contributed by atoms with van der Waals surface area (Å²) in [5.74, 6) is 0.732. The zero-order chi connectivity index (χ0) is 22.3. The number of rotatable bonds is 6. The van der Waals surface area contributed by atoms with E-state index in [1.807, 2.05) is 42.7 Å². The van der Waals surface area contributed by atoms with Crippen LogP contribution in [0.5, 0.6) is 0 Å². The molecule has 9 nitrogen and oxygen atoms in total. The minimum absolute atomic E-state index is 0.0401. The lowest BCUT2D eigenvalue weighted by Gasteiger charge is -2.32. The van der Waals surface area contributed by atoms with Gasteiger partial charge in [-0.3, -0.25) is 14.7 Å².